The van der Waals surface area contributed by atoms with Gasteiger partial charge in [-0.1, -0.05) is 23.7 Å². The smallest absolute Gasteiger partial charge is 0.224 e. The number of aromatic amines is 1. The summed E-state index contributed by atoms with van der Waals surface area (Å²) < 4.78 is 0. The van der Waals surface area contributed by atoms with Crippen molar-refractivity contribution in [2.24, 2.45) is 0 Å². The number of fused-ring (bicyclic) bond motifs is 1. The molecule has 2 heterocycles. The Morgan fingerprint density at radius 3 is 2.90 bits per heavy atom. The van der Waals surface area contributed by atoms with Crippen LogP contribution in [0.5, 0.6) is 0 Å². The normalized spacial score (nSPS) is 12.5. The molecule has 1 atom stereocenters. The van der Waals surface area contributed by atoms with E-state index in [1.807, 2.05) is 36.2 Å². The number of H-pyrrole nitrogens is 1. The van der Waals surface area contributed by atoms with Crippen LogP contribution < -0.4 is 10.6 Å². The molecule has 0 saturated carbocycles. The van der Waals surface area contributed by atoms with E-state index in [4.69, 9.17) is 17.3 Å². The van der Waals surface area contributed by atoms with Gasteiger partial charge in [0.05, 0.1) is 12.4 Å². The fourth-order valence-electron chi connectivity index (χ4n) is 2.26. The van der Waals surface area contributed by atoms with E-state index in [-0.39, 0.29) is 12.0 Å². The molecule has 2 aromatic heterocycles. The molecule has 6 nitrogen and oxygen atoms in total. The van der Waals surface area contributed by atoms with Crippen molar-refractivity contribution in [2.45, 2.75) is 13.0 Å². The minimum Gasteiger partial charge on any atom is -0.368 e. The summed E-state index contributed by atoms with van der Waals surface area (Å²) in [5.74, 6) is 0.914. The second kappa shape index (κ2) is 5.21. The van der Waals surface area contributed by atoms with Crippen LogP contribution in [0.25, 0.3) is 11.2 Å². The van der Waals surface area contributed by atoms with E-state index in [0.717, 1.165) is 11.1 Å². The van der Waals surface area contributed by atoms with Crippen LogP contribution in [0.2, 0.25) is 5.02 Å². The number of rotatable bonds is 3. The first-order valence-electron chi connectivity index (χ1n) is 6.51. The Labute approximate surface area is 127 Å². The zero-order chi connectivity index (χ0) is 15.0. The minimum absolute atomic E-state index is 0.0736. The lowest BCUT2D eigenvalue weighted by molar-refractivity contribution is 0.731. The van der Waals surface area contributed by atoms with Crippen LogP contribution in [0.4, 0.5) is 11.8 Å². The van der Waals surface area contributed by atoms with Crippen LogP contribution in [0.1, 0.15) is 18.5 Å². The summed E-state index contributed by atoms with van der Waals surface area (Å²) in [6, 6.07) is 7.83. The molecule has 0 radical (unpaired) electrons. The molecule has 0 saturated heterocycles. The van der Waals surface area contributed by atoms with Crippen molar-refractivity contribution in [1.82, 2.24) is 19.9 Å². The standard InChI is InChI=1S/C14H15ClN6/c1-8(9-4-3-5-10(15)6-9)21(2)13-11-12(18-7-17-11)19-14(16)20-13/h3-8H,1-2H3,(H3,16,17,18,19,20). The monoisotopic (exact) mass is 302 g/mol. The third kappa shape index (κ3) is 2.50. The molecule has 0 amide bonds. The van der Waals surface area contributed by atoms with Crippen molar-refractivity contribution in [1.29, 1.82) is 0 Å². The summed E-state index contributed by atoms with van der Waals surface area (Å²) in [4.78, 5) is 17.6. The second-order valence-electron chi connectivity index (χ2n) is 4.85. The van der Waals surface area contributed by atoms with Gasteiger partial charge in [0.25, 0.3) is 0 Å². The Kier molecular flexibility index (Phi) is 3.39. The number of hydrogen-bond acceptors (Lipinski definition) is 5. The van der Waals surface area contributed by atoms with Crippen molar-refractivity contribution in [3.05, 3.63) is 41.2 Å². The fraction of sp³-hybridized carbons (Fsp3) is 0.214. The SMILES string of the molecule is CC(c1cccc(Cl)c1)N(C)c1nc(N)nc2nc[nH]c12. The fourth-order valence-corrected chi connectivity index (χ4v) is 2.46. The summed E-state index contributed by atoms with van der Waals surface area (Å²) in [5.41, 5.74) is 8.18. The lowest BCUT2D eigenvalue weighted by Crippen LogP contribution is -2.23. The van der Waals surface area contributed by atoms with Crippen molar-refractivity contribution in [3.8, 4) is 0 Å². The Hall–Kier alpha value is -2.34. The van der Waals surface area contributed by atoms with Crippen LogP contribution in [-0.2, 0) is 0 Å². The quantitative estimate of drug-likeness (QED) is 0.777. The van der Waals surface area contributed by atoms with E-state index in [9.17, 15) is 0 Å². The second-order valence-corrected chi connectivity index (χ2v) is 5.28. The highest BCUT2D eigenvalue weighted by Gasteiger charge is 2.18. The van der Waals surface area contributed by atoms with Gasteiger partial charge in [0.15, 0.2) is 11.5 Å². The Morgan fingerprint density at radius 1 is 1.33 bits per heavy atom. The molecule has 0 aliphatic rings. The van der Waals surface area contributed by atoms with Crippen molar-refractivity contribution < 1.29 is 0 Å². The van der Waals surface area contributed by atoms with Gasteiger partial charge in [-0.25, -0.2) is 4.98 Å². The predicted molar refractivity (Wildman–Crippen MR) is 84.4 cm³/mol. The maximum atomic E-state index is 6.06. The third-order valence-electron chi connectivity index (χ3n) is 3.53. The number of nitrogens with one attached hydrogen (secondary N) is 1. The highest BCUT2D eigenvalue weighted by molar-refractivity contribution is 6.30. The number of aromatic nitrogens is 4. The molecule has 3 rings (SSSR count). The Morgan fingerprint density at radius 2 is 2.14 bits per heavy atom. The largest absolute Gasteiger partial charge is 0.368 e. The molecular weight excluding hydrogens is 288 g/mol. The number of benzene rings is 1. The minimum atomic E-state index is 0.0736. The average molecular weight is 303 g/mol. The van der Waals surface area contributed by atoms with E-state index < -0.39 is 0 Å². The Balaban J connectivity index is 2.03. The number of imidazole rings is 1. The molecule has 1 aromatic carbocycles. The van der Waals surface area contributed by atoms with E-state index in [0.29, 0.717) is 16.5 Å². The highest BCUT2D eigenvalue weighted by atomic mass is 35.5. The number of hydrogen-bond donors (Lipinski definition) is 2. The van der Waals surface area contributed by atoms with Gasteiger partial charge in [0.1, 0.15) is 5.52 Å². The highest BCUT2D eigenvalue weighted by Crippen LogP contribution is 2.29. The lowest BCUT2D eigenvalue weighted by atomic mass is 10.1. The van der Waals surface area contributed by atoms with Crippen LogP contribution >= 0.6 is 11.6 Å². The molecule has 0 aliphatic carbocycles. The lowest BCUT2D eigenvalue weighted by Gasteiger charge is -2.26. The topological polar surface area (TPSA) is 83.7 Å². The van der Waals surface area contributed by atoms with Crippen LogP contribution in [0.15, 0.2) is 30.6 Å². The van der Waals surface area contributed by atoms with Gasteiger partial charge in [-0.3, -0.25) is 0 Å². The number of nitrogens with zero attached hydrogens (tertiary/aromatic N) is 4. The molecule has 0 aliphatic heterocycles. The van der Waals surface area contributed by atoms with Crippen molar-refractivity contribution in [3.63, 3.8) is 0 Å². The number of anilines is 2. The molecule has 108 valence electrons. The molecule has 0 fully saturated rings. The molecule has 1 unspecified atom stereocenters. The molecule has 0 spiro atoms. The van der Waals surface area contributed by atoms with E-state index in [2.05, 4.69) is 26.9 Å². The first-order valence-corrected chi connectivity index (χ1v) is 6.89. The molecular formula is C14H15ClN6. The van der Waals surface area contributed by atoms with Crippen LogP contribution in [0, 0.1) is 0 Å². The summed E-state index contributed by atoms with van der Waals surface area (Å²) in [6.45, 7) is 2.08. The van der Waals surface area contributed by atoms with Crippen LogP contribution in [0.3, 0.4) is 0 Å². The summed E-state index contributed by atoms with van der Waals surface area (Å²) in [7, 11) is 1.95. The van der Waals surface area contributed by atoms with Gasteiger partial charge in [-0.2, -0.15) is 9.97 Å². The van der Waals surface area contributed by atoms with Gasteiger partial charge in [0.2, 0.25) is 5.95 Å². The van der Waals surface area contributed by atoms with E-state index >= 15 is 0 Å². The van der Waals surface area contributed by atoms with Crippen molar-refractivity contribution >= 4 is 34.5 Å². The van der Waals surface area contributed by atoms with Gasteiger partial charge in [-0.05, 0) is 24.6 Å². The third-order valence-corrected chi connectivity index (χ3v) is 3.77. The van der Waals surface area contributed by atoms with Gasteiger partial charge >= 0.3 is 0 Å². The molecule has 21 heavy (non-hydrogen) atoms. The molecule has 7 heteroatoms. The number of nitrogen functional groups attached to an aromatic ring is 1. The van der Waals surface area contributed by atoms with E-state index in [1.165, 1.54) is 0 Å². The van der Waals surface area contributed by atoms with Gasteiger partial charge in [-0.15, -0.1) is 0 Å². The zero-order valence-corrected chi connectivity index (χ0v) is 12.5. The molecule has 0 bridgehead atoms. The Bertz CT molecular complexity index is 784. The maximum absolute atomic E-state index is 6.06. The zero-order valence-electron chi connectivity index (χ0n) is 11.7. The van der Waals surface area contributed by atoms with Crippen molar-refractivity contribution in [2.75, 3.05) is 17.7 Å². The number of nitrogens with two attached hydrogens (primary N) is 1. The first kappa shape index (κ1) is 13.6. The predicted octanol–water partition coefficient (Wildman–Crippen LogP) is 2.79. The average Bonchev–Trinajstić information content (AvgIpc) is 2.93. The summed E-state index contributed by atoms with van der Waals surface area (Å²) in [5, 5.41) is 0.710. The first-order chi connectivity index (χ1) is 10.1. The van der Waals surface area contributed by atoms with Crippen LogP contribution in [-0.4, -0.2) is 27.0 Å². The van der Waals surface area contributed by atoms with Gasteiger partial charge < -0.3 is 15.6 Å². The van der Waals surface area contributed by atoms with E-state index in [1.54, 1.807) is 6.33 Å². The number of halogens is 1. The molecule has 3 aromatic rings. The summed E-state index contributed by atoms with van der Waals surface area (Å²) >= 11 is 6.06. The maximum Gasteiger partial charge on any atom is 0.224 e. The van der Waals surface area contributed by atoms with Gasteiger partial charge in [0, 0.05) is 12.1 Å². The summed E-state index contributed by atoms with van der Waals surface area (Å²) in [6.07, 6.45) is 1.58. The molecule has 3 N–H and O–H groups in total.